The van der Waals surface area contributed by atoms with Gasteiger partial charge in [-0.1, -0.05) is 60.1 Å². The molecule has 0 saturated heterocycles. The molecule has 2 nitrogen and oxygen atoms in total. The van der Waals surface area contributed by atoms with Crippen molar-refractivity contribution in [2.45, 2.75) is 25.8 Å². The van der Waals surface area contributed by atoms with Gasteiger partial charge in [-0.25, -0.2) is 0 Å². The van der Waals surface area contributed by atoms with E-state index in [0.29, 0.717) is 12.5 Å². The van der Waals surface area contributed by atoms with E-state index in [1.165, 1.54) is 5.56 Å². The van der Waals surface area contributed by atoms with Crippen LogP contribution in [-0.2, 0) is 0 Å². The summed E-state index contributed by atoms with van der Waals surface area (Å²) in [6, 6.07) is 16.0. The van der Waals surface area contributed by atoms with Gasteiger partial charge in [0.2, 0.25) is 0 Å². The Kier molecular flexibility index (Phi) is 5.21. The molecule has 0 heterocycles. The van der Waals surface area contributed by atoms with Gasteiger partial charge in [-0.05, 0) is 35.2 Å². The lowest BCUT2D eigenvalue weighted by Crippen LogP contribution is -2.19. The Bertz CT molecular complexity index is 554. The van der Waals surface area contributed by atoms with E-state index in [0.717, 1.165) is 15.8 Å². The molecule has 0 radical (unpaired) electrons. The number of ether oxygens (including phenoxy) is 1. The van der Waals surface area contributed by atoms with Gasteiger partial charge in [0.15, 0.2) is 0 Å². The quantitative estimate of drug-likeness (QED) is 0.864. The van der Waals surface area contributed by atoms with Crippen LogP contribution in [0.15, 0.2) is 53.0 Å². The normalized spacial score (nSPS) is 12.4. The van der Waals surface area contributed by atoms with Gasteiger partial charge in [0.25, 0.3) is 0 Å². The fraction of sp³-hybridized carbons (Fsp3) is 0.294. The predicted molar refractivity (Wildman–Crippen MR) is 87.1 cm³/mol. The standard InChI is InChI=1S/C17H20BrNO/c1-12(2)15-10-14(18)8-9-17(15)20-11-16(19)13-6-4-3-5-7-13/h3-10,12,16H,11,19H2,1-2H3. The average Bonchev–Trinajstić information content (AvgIpc) is 2.46. The zero-order chi connectivity index (χ0) is 14.5. The van der Waals surface area contributed by atoms with Crippen LogP contribution in [0.25, 0.3) is 0 Å². The van der Waals surface area contributed by atoms with Gasteiger partial charge in [-0.15, -0.1) is 0 Å². The third kappa shape index (κ3) is 3.84. The van der Waals surface area contributed by atoms with E-state index < -0.39 is 0 Å². The molecule has 1 atom stereocenters. The molecule has 0 aliphatic rings. The van der Waals surface area contributed by atoms with Crippen LogP contribution in [0.1, 0.15) is 36.9 Å². The first-order valence-electron chi connectivity index (χ1n) is 6.80. The summed E-state index contributed by atoms with van der Waals surface area (Å²) < 4.78 is 6.99. The summed E-state index contributed by atoms with van der Waals surface area (Å²) in [6.45, 7) is 4.79. The number of benzene rings is 2. The Balaban J connectivity index is 2.08. The number of hydrogen-bond donors (Lipinski definition) is 1. The second kappa shape index (κ2) is 6.91. The molecule has 0 saturated carbocycles. The minimum absolute atomic E-state index is 0.111. The van der Waals surface area contributed by atoms with Crippen molar-refractivity contribution in [3.63, 3.8) is 0 Å². The van der Waals surface area contributed by atoms with Crippen molar-refractivity contribution in [1.29, 1.82) is 0 Å². The van der Waals surface area contributed by atoms with Crippen molar-refractivity contribution in [2.24, 2.45) is 5.73 Å². The molecule has 0 fully saturated rings. The Morgan fingerprint density at radius 3 is 2.45 bits per heavy atom. The Morgan fingerprint density at radius 1 is 1.10 bits per heavy atom. The first kappa shape index (κ1) is 15.1. The molecule has 0 amide bonds. The van der Waals surface area contributed by atoms with E-state index in [-0.39, 0.29) is 6.04 Å². The third-order valence-corrected chi connectivity index (χ3v) is 3.73. The molecule has 1 unspecified atom stereocenters. The third-order valence-electron chi connectivity index (χ3n) is 3.24. The molecule has 0 aliphatic carbocycles. The first-order chi connectivity index (χ1) is 9.58. The largest absolute Gasteiger partial charge is 0.491 e. The zero-order valence-electron chi connectivity index (χ0n) is 11.8. The molecule has 0 bridgehead atoms. The lowest BCUT2D eigenvalue weighted by atomic mass is 10.0. The Hall–Kier alpha value is -1.32. The van der Waals surface area contributed by atoms with Crippen molar-refractivity contribution in [3.8, 4) is 5.75 Å². The summed E-state index contributed by atoms with van der Waals surface area (Å²) in [4.78, 5) is 0. The molecule has 2 aromatic rings. The summed E-state index contributed by atoms with van der Waals surface area (Å²) in [7, 11) is 0. The molecular weight excluding hydrogens is 314 g/mol. The van der Waals surface area contributed by atoms with Crippen LogP contribution in [0, 0.1) is 0 Å². The minimum atomic E-state index is -0.111. The summed E-state index contributed by atoms with van der Waals surface area (Å²) in [5.74, 6) is 1.32. The highest BCUT2D eigenvalue weighted by molar-refractivity contribution is 9.10. The van der Waals surface area contributed by atoms with Crippen molar-refractivity contribution < 1.29 is 4.74 Å². The monoisotopic (exact) mass is 333 g/mol. The van der Waals surface area contributed by atoms with Gasteiger partial charge in [0.1, 0.15) is 12.4 Å². The van der Waals surface area contributed by atoms with Gasteiger partial charge in [-0.2, -0.15) is 0 Å². The lowest BCUT2D eigenvalue weighted by molar-refractivity contribution is 0.287. The van der Waals surface area contributed by atoms with Crippen molar-refractivity contribution in [1.82, 2.24) is 0 Å². The van der Waals surface area contributed by atoms with Gasteiger partial charge in [0, 0.05) is 4.47 Å². The van der Waals surface area contributed by atoms with E-state index in [9.17, 15) is 0 Å². The molecule has 2 N–H and O–H groups in total. The number of hydrogen-bond acceptors (Lipinski definition) is 2. The average molecular weight is 334 g/mol. The summed E-state index contributed by atoms with van der Waals surface area (Å²) in [6.07, 6.45) is 0. The maximum Gasteiger partial charge on any atom is 0.122 e. The minimum Gasteiger partial charge on any atom is -0.491 e. The van der Waals surface area contributed by atoms with Gasteiger partial charge in [0.05, 0.1) is 6.04 Å². The van der Waals surface area contributed by atoms with Crippen molar-refractivity contribution >= 4 is 15.9 Å². The second-order valence-electron chi connectivity index (χ2n) is 5.17. The van der Waals surface area contributed by atoms with Crippen LogP contribution in [0.3, 0.4) is 0 Å². The molecule has 2 aromatic carbocycles. The van der Waals surface area contributed by atoms with Crippen LogP contribution < -0.4 is 10.5 Å². The summed E-state index contributed by atoms with van der Waals surface area (Å²) in [5, 5.41) is 0. The van der Waals surface area contributed by atoms with Crippen LogP contribution in [0.2, 0.25) is 0 Å². The van der Waals surface area contributed by atoms with E-state index in [1.807, 2.05) is 42.5 Å². The van der Waals surface area contributed by atoms with Gasteiger partial charge >= 0.3 is 0 Å². The SMILES string of the molecule is CC(C)c1cc(Br)ccc1OCC(N)c1ccccc1. The van der Waals surface area contributed by atoms with Gasteiger partial charge in [-0.3, -0.25) is 0 Å². The maximum absolute atomic E-state index is 6.16. The van der Waals surface area contributed by atoms with Crippen molar-refractivity contribution in [3.05, 3.63) is 64.1 Å². The Morgan fingerprint density at radius 2 is 1.80 bits per heavy atom. The van der Waals surface area contributed by atoms with Crippen LogP contribution in [0.4, 0.5) is 0 Å². The van der Waals surface area contributed by atoms with Crippen LogP contribution >= 0.6 is 15.9 Å². The number of halogens is 1. The smallest absolute Gasteiger partial charge is 0.122 e. The van der Waals surface area contributed by atoms with Gasteiger partial charge < -0.3 is 10.5 Å². The lowest BCUT2D eigenvalue weighted by Gasteiger charge is -2.17. The topological polar surface area (TPSA) is 35.2 Å². The Labute approximate surface area is 129 Å². The number of nitrogens with two attached hydrogens (primary N) is 1. The highest BCUT2D eigenvalue weighted by atomic mass is 79.9. The molecule has 20 heavy (non-hydrogen) atoms. The number of rotatable bonds is 5. The van der Waals surface area contributed by atoms with Crippen LogP contribution in [0.5, 0.6) is 5.75 Å². The second-order valence-corrected chi connectivity index (χ2v) is 6.08. The molecular formula is C17H20BrNO. The molecule has 0 spiro atoms. The predicted octanol–water partition coefficient (Wildman–Crippen LogP) is 4.65. The zero-order valence-corrected chi connectivity index (χ0v) is 13.4. The van der Waals surface area contributed by atoms with E-state index in [2.05, 4.69) is 35.8 Å². The molecule has 2 rings (SSSR count). The first-order valence-corrected chi connectivity index (χ1v) is 7.60. The van der Waals surface area contributed by atoms with Crippen molar-refractivity contribution in [2.75, 3.05) is 6.61 Å². The highest BCUT2D eigenvalue weighted by Gasteiger charge is 2.11. The molecule has 3 heteroatoms. The van der Waals surface area contributed by atoms with E-state index >= 15 is 0 Å². The maximum atomic E-state index is 6.16. The molecule has 106 valence electrons. The van der Waals surface area contributed by atoms with E-state index in [4.69, 9.17) is 10.5 Å². The van der Waals surface area contributed by atoms with E-state index in [1.54, 1.807) is 0 Å². The fourth-order valence-corrected chi connectivity index (χ4v) is 2.46. The summed E-state index contributed by atoms with van der Waals surface area (Å²) in [5.41, 5.74) is 8.45. The fourth-order valence-electron chi connectivity index (χ4n) is 2.08. The molecule has 0 aromatic heterocycles. The highest BCUT2D eigenvalue weighted by Crippen LogP contribution is 2.30. The summed E-state index contributed by atoms with van der Waals surface area (Å²) >= 11 is 3.50. The molecule has 0 aliphatic heterocycles. The van der Waals surface area contributed by atoms with Crippen LogP contribution in [-0.4, -0.2) is 6.61 Å².